The van der Waals surface area contributed by atoms with E-state index >= 15 is 0 Å². The highest BCUT2D eigenvalue weighted by atomic mass is 16.4. The molecule has 0 aromatic rings. The molecule has 0 radical (unpaired) electrons. The zero-order valence-electron chi connectivity index (χ0n) is 21.8. The molecule has 4 atom stereocenters. The molecule has 0 rings (SSSR count). The summed E-state index contributed by atoms with van der Waals surface area (Å²) < 4.78 is 0. The van der Waals surface area contributed by atoms with Crippen molar-refractivity contribution in [1.29, 1.82) is 0 Å². The van der Waals surface area contributed by atoms with Crippen molar-refractivity contribution >= 4 is 23.7 Å². The average Bonchev–Trinajstić information content (AvgIpc) is 2.76. The molecule has 0 aromatic heterocycles. The maximum atomic E-state index is 13.1. The first kappa shape index (κ1) is 32.8. The first-order valence-corrected chi connectivity index (χ1v) is 12.7. The summed E-state index contributed by atoms with van der Waals surface area (Å²) in [4.78, 5) is 50.3. The lowest BCUT2D eigenvalue weighted by atomic mass is 10.00. The lowest BCUT2D eigenvalue weighted by Crippen LogP contribution is -2.57. The fourth-order valence-electron chi connectivity index (χ4n) is 3.65. The number of hydrogen-bond donors (Lipinski definition) is 7. The van der Waals surface area contributed by atoms with Crippen LogP contribution in [0.25, 0.3) is 0 Å². The Morgan fingerprint density at radius 2 is 1.09 bits per heavy atom. The largest absolute Gasteiger partial charge is 0.480 e. The molecule has 0 saturated heterocycles. The predicted molar refractivity (Wildman–Crippen MR) is 136 cm³/mol. The van der Waals surface area contributed by atoms with Crippen LogP contribution in [0.15, 0.2) is 0 Å². The molecule has 0 aromatic carbocycles. The van der Waals surface area contributed by atoms with Crippen LogP contribution in [0.2, 0.25) is 0 Å². The molecule has 0 fully saturated rings. The van der Waals surface area contributed by atoms with Gasteiger partial charge in [0.25, 0.3) is 0 Å². The summed E-state index contributed by atoms with van der Waals surface area (Å²) >= 11 is 0. The van der Waals surface area contributed by atoms with Gasteiger partial charge in [-0.3, -0.25) is 14.4 Å². The molecule has 4 unspecified atom stereocenters. The molecule has 0 saturated carbocycles. The minimum atomic E-state index is -1.15. The number of carbonyl (C=O) groups excluding carboxylic acids is 3. The van der Waals surface area contributed by atoms with Crippen molar-refractivity contribution in [3.05, 3.63) is 0 Å². The molecular weight excluding hydrogens is 452 g/mol. The van der Waals surface area contributed by atoms with Crippen LogP contribution in [0.5, 0.6) is 0 Å². The normalized spacial score (nSPS) is 14.8. The third kappa shape index (κ3) is 14.7. The fourth-order valence-corrected chi connectivity index (χ4v) is 3.65. The topological polar surface area (TPSA) is 203 Å². The van der Waals surface area contributed by atoms with Crippen LogP contribution in [0.3, 0.4) is 0 Å². The van der Waals surface area contributed by atoms with Crippen LogP contribution in [-0.4, -0.2) is 66.1 Å². The molecule has 0 aliphatic heterocycles. The van der Waals surface area contributed by atoms with Crippen molar-refractivity contribution in [3.63, 3.8) is 0 Å². The average molecular weight is 501 g/mol. The number of unbranched alkanes of at least 4 members (excludes halogenated alkanes) is 2. The van der Waals surface area contributed by atoms with E-state index in [0.29, 0.717) is 58.0 Å². The molecular formula is C24H48N6O5. The van der Waals surface area contributed by atoms with Crippen molar-refractivity contribution < 1.29 is 24.3 Å². The fraction of sp³-hybridized carbons (Fsp3) is 0.833. The number of carboxylic acids is 1. The van der Waals surface area contributed by atoms with Crippen LogP contribution in [0.4, 0.5) is 0 Å². The van der Waals surface area contributed by atoms with Gasteiger partial charge in [0.15, 0.2) is 0 Å². The predicted octanol–water partition coefficient (Wildman–Crippen LogP) is 0.203. The van der Waals surface area contributed by atoms with Crippen molar-refractivity contribution in [1.82, 2.24) is 16.0 Å². The van der Waals surface area contributed by atoms with Gasteiger partial charge in [0.2, 0.25) is 17.7 Å². The van der Waals surface area contributed by atoms with Gasteiger partial charge in [0.05, 0.1) is 6.04 Å². The highest BCUT2D eigenvalue weighted by molar-refractivity contribution is 5.94. The van der Waals surface area contributed by atoms with E-state index in [0.717, 1.165) is 0 Å². The number of nitrogens with one attached hydrogen (secondary N) is 3. The Labute approximate surface area is 209 Å². The third-order valence-corrected chi connectivity index (χ3v) is 5.54. The van der Waals surface area contributed by atoms with Crippen LogP contribution < -0.4 is 33.2 Å². The number of aliphatic carboxylic acids is 1. The van der Waals surface area contributed by atoms with Gasteiger partial charge in [-0.15, -0.1) is 0 Å². The molecule has 204 valence electrons. The van der Waals surface area contributed by atoms with Crippen molar-refractivity contribution in [2.45, 2.75) is 103 Å². The molecule has 35 heavy (non-hydrogen) atoms. The van der Waals surface area contributed by atoms with Crippen LogP contribution in [0.1, 0.15) is 79.1 Å². The van der Waals surface area contributed by atoms with Gasteiger partial charge in [-0.25, -0.2) is 4.79 Å². The van der Waals surface area contributed by atoms with Crippen molar-refractivity contribution in [2.24, 2.45) is 29.0 Å². The third-order valence-electron chi connectivity index (χ3n) is 5.54. The first-order valence-electron chi connectivity index (χ1n) is 12.7. The summed E-state index contributed by atoms with van der Waals surface area (Å²) in [6.45, 7) is 8.61. The van der Waals surface area contributed by atoms with E-state index in [2.05, 4.69) is 16.0 Å². The maximum Gasteiger partial charge on any atom is 0.326 e. The lowest BCUT2D eigenvalue weighted by molar-refractivity contribution is -0.142. The van der Waals surface area contributed by atoms with Gasteiger partial charge in [0, 0.05) is 0 Å². The Balaban J connectivity index is 5.47. The Kier molecular flexibility index (Phi) is 16.9. The van der Waals surface area contributed by atoms with Crippen LogP contribution in [-0.2, 0) is 19.2 Å². The van der Waals surface area contributed by atoms with E-state index in [1.807, 2.05) is 27.7 Å². The van der Waals surface area contributed by atoms with Crippen LogP contribution in [0, 0.1) is 11.8 Å². The number of hydrogen-bond acceptors (Lipinski definition) is 7. The minimum Gasteiger partial charge on any atom is -0.480 e. The van der Waals surface area contributed by atoms with Crippen molar-refractivity contribution in [3.8, 4) is 0 Å². The van der Waals surface area contributed by atoms with Crippen molar-refractivity contribution in [2.75, 3.05) is 13.1 Å². The number of carbonyl (C=O) groups is 4. The summed E-state index contributed by atoms with van der Waals surface area (Å²) in [5, 5.41) is 17.5. The second-order valence-electron chi connectivity index (χ2n) is 9.96. The molecule has 0 bridgehead atoms. The smallest absolute Gasteiger partial charge is 0.326 e. The second kappa shape index (κ2) is 18.1. The van der Waals surface area contributed by atoms with Gasteiger partial charge >= 0.3 is 5.97 Å². The van der Waals surface area contributed by atoms with Gasteiger partial charge in [-0.05, 0) is 76.3 Å². The van der Waals surface area contributed by atoms with Gasteiger partial charge in [-0.1, -0.05) is 27.7 Å². The Hall–Kier alpha value is -2.24. The lowest BCUT2D eigenvalue weighted by Gasteiger charge is -2.26. The summed E-state index contributed by atoms with van der Waals surface area (Å²) in [6, 6.07) is -3.65. The summed E-state index contributed by atoms with van der Waals surface area (Å²) in [7, 11) is 0. The molecule has 3 amide bonds. The summed E-state index contributed by atoms with van der Waals surface area (Å²) in [5.41, 5.74) is 17.0. The van der Waals surface area contributed by atoms with E-state index in [1.165, 1.54) is 0 Å². The number of amides is 3. The van der Waals surface area contributed by atoms with E-state index < -0.39 is 47.9 Å². The molecule has 0 aliphatic rings. The standard InChI is InChI=1S/C24H48N6O5/c1-15(2)13-17(27)21(31)30-20(14-16(3)4)23(33)28-18(9-5-7-11-25)22(32)29-19(24(34)35)10-6-8-12-26/h15-20H,5-14,25-27H2,1-4H3,(H,28,33)(H,29,32)(H,30,31)(H,34,35). The maximum absolute atomic E-state index is 13.1. The summed E-state index contributed by atoms with van der Waals surface area (Å²) in [6.07, 6.45) is 3.78. The van der Waals surface area contributed by atoms with E-state index in [9.17, 15) is 24.3 Å². The molecule has 11 heteroatoms. The van der Waals surface area contributed by atoms with E-state index in [1.54, 1.807) is 0 Å². The molecule has 0 heterocycles. The quantitative estimate of drug-likeness (QED) is 0.122. The second-order valence-corrected chi connectivity index (χ2v) is 9.96. The zero-order chi connectivity index (χ0) is 27.0. The SMILES string of the molecule is CC(C)CC(N)C(=O)NC(CC(C)C)C(=O)NC(CCCCN)C(=O)NC(CCCCN)C(=O)O. The van der Waals surface area contributed by atoms with Gasteiger partial charge in [-0.2, -0.15) is 0 Å². The van der Waals surface area contributed by atoms with Gasteiger partial charge < -0.3 is 38.3 Å². The van der Waals surface area contributed by atoms with E-state index in [-0.39, 0.29) is 18.3 Å². The zero-order valence-corrected chi connectivity index (χ0v) is 21.8. The number of rotatable bonds is 19. The monoisotopic (exact) mass is 500 g/mol. The highest BCUT2D eigenvalue weighted by Crippen LogP contribution is 2.10. The summed E-state index contributed by atoms with van der Waals surface area (Å²) in [5.74, 6) is -2.35. The Morgan fingerprint density at radius 3 is 1.54 bits per heavy atom. The highest BCUT2D eigenvalue weighted by Gasteiger charge is 2.30. The molecule has 10 N–H and O–H groups in total. The Bertz CT molecular complexity index is 658. The molecule has 0 spiro atoms. The number of nitrogens with two attached hydrogens (primary N) is 3. The van der Waals surface area contributed by atoms with Crippen LogP contribution >= 0.6 is 0 Å². The number of carboxylic acid groups (broad SMARTS) is 1. The molecule has 0 aliphatic carbocycles. The van der Waals surface area contributed by atoms with Gasteiger partial charge in [0.1, 0.15) is 18.1 Å². The minimum absolute atomic E-state index is 0.0934. The van der Waals surface area contributed by atoms with E-state index in [4.69, 9.17) is 17.2 Å². The first-order chi connectivity index (χ1) is 16.4. The molecule has 11 nitrogen and oxygen atoms in total. The Morgan fingerprint density at radius 1 is 0.657 bits per heavy atom.